The lowest BCUT2D eigenvalue weighted by Gasteiger charge is -2.02. The summed E-state index contributed by atoms with van der Waals surface area (Å²) >= 11 is 0. The highest BCUT2D eigenvalue weighted by Crippen LogP contribution is 2.07. The second-order valence-corrected chi connectivity index (χ2v) is 3.14. The summed E-state index contributed by atoms with van der Waals surface area (Å²) in [5.74, 6) is 0.899. The predicted molar refractivity (Wildman–Crippen MR) is 59.4 cm³/mol. The van der Waals surface area contributed by atoms with Crippen molar-refractivity contribution in [2.45, 2.75) is 26.2 Å². The Labute approximate surface area is 86.4 Å². The maximum Gasteiger partial charge on any atom is 0.119 e. The van der Waals surface area contributed by atoms with E-state index in [9.17, 15) is 0 Å². The van der Waals surface area contributed by atoms with Crippen LogP contribution in [0.4, 0.5) is 0 Å². The Hall–Kier alpha value is -1.24. The van der Waals surface area contributed by atoms with Crippen LogP contribution in [0.25, 0.3) is 0 Å². The Morgan fingerprint density at radius 1 is 1.36 bits per heavy atom. The summed E-state index contributed by atoms with van der Waals surface area (Å²) in [5.41, 5.74) is 0. The second-order valence-electron chi connectivity index (χ2n) is 3.14. The Balaban J connectivity index is 2.10. The first-order chi connectivity index (χ1) is 6.93. The van der Waals surface area contributed by atoms with E-state index in [0.29, 0.717) is 0 Å². The van der Waals surface area contributed by atoms with E-state index in [1.165, 1.54) is 12.8 Å². The molecule has 75 valence electrons. The Morgan fingerprint density at radius 2 is 2.21 bits per heavy atom. The van der Waals surface area contributed by atoms with Crippen molar-refractivity contribution in [1.82, 2.24) is 0 Å². The van der Waals surface area contributed by atoms with E-state index in [2.05, 4.69) is 25.1 Å². The number of hydrogen-bond donors (Lipinski definition) is 0. The minimum absolute atomic E-state index is 0.748. The second kappa shape index (κ2) is 7.19. The van der Waals surface area contributed by atoms with Crippen LogP contribution in [0.5, 0.6) is 5.75 Å². The van der Waals surface area contributed by atoms with Crippen molar-refractivity contribution in [3.63, 3.8) is 0 Å². The van der Waals surface area contributed by atoms with Gasteiger partial charge in [-0.05, 0) is 31.0 Å². The van der Waals surface area contributed by atoms with E-state index in [4.69, 9.17) is 4.74 Å². The molecule has 0 aliphatic rings. The molecule has 0 N–H and O–H groups in total. The smallest absolute Gasteiger partial charge is 0.119 e. The van der Waals surface area contributed by atoms with Gasteiger partial charge in [0.25, 0.3) is 0 Å². The number of allylic oxidation sites excluding steroid dienone is 1. The van der Waals surface area contributed by atoms with Gasteiger partial charge in [-0.25, -0.2) is 0 Å². The van der Waals surface area contributed by atoms with Gasteiger partial charge in [0.2, 0.25) is 0 Å². The summed E-state index contributed by atoms with van der Waals surface area (Å²) in [5, 5.41) is 0. The third kappa shape index (κ3) is 4.70. The molecule has 0 aliphatic heterocycles. The summed E-state index contributed by atoms with van der Waals surface area (Å²) in [4.78, 5) is 0. The number of hydrogen-bond acceptors (Lipinski definition) is 1. The molecule has 0 heterocycles. The molecule has 1 aromatic rings. The van der Waals surface area contributed by atoms with Gasteiger partial charge in [-0.15, -0.1) is 0 Å². The fraction of sp³-hybridized carbons (Fsp3) is 0.385. The van der Waals surface area contributed by atoms with Gasteiger partial charge in [-0.1, -0.05) is 37.6 Å². The molecule has 0 unspecified atom stereocenters. The first kappa shape index (κ1) is 10.8. The molecule has 0 spiro atoms. The highest BCUT2D eigenvalue weighted by molar-refractivity contribution is 5.19. The molecule has 1 rings (SSSR count). The molecule has 1 radical (unpaired) electrons. The zero-order valence-electron chi connectivity index (χ0n) is 8.70. The fourth-order valence-corrected chi connectivity index (χ4v) is 1.11. The fourth-order valence-electron chi connectivity index (χ4n) is 1.11. The zero-order chi connectivity index (χ0) is 10.1. The molecule has 0 aliphatic carbocycles. The molecule has 0 amide bonds. The van der Waals surface area contributed by atoms with Crippen LogP contribution in [0.1, 0.15) is 26.2 Å². The van der Waals surface area contributed by atoms with Gasteiger partial charge in [0.05, 0.1) is 6.61 Å². The van der Waals surface area contributed by atoms with Crippen LogP contribution < -0.4 is 4.74 Å². The summed E-state index contributed by atoms with van der Waals surface area (Å²) in [6.07, 6.45) is 7.75. The highest BCUT2D eigenvalue weighted by Gasteiger charge is 1.88. The van der Waals surface area contributed by atoms with Gasteiger partial charge in [-0.3, -0.25) is 0 Å². The topological polar surface area (TPSA) is 9.23 Å². The van der Waals surface area contributed by atoms with Crippen molar-refractivity contribution in [2.24, 2.45) is 0 Å². The van der Waals surface area contributed by atoms with Crippen LogP contribution in [0.3, 0.4) is 0 Å². The summed E-state index contributed by atoms with van der Waals surface area (Å²) in [6.45, 7) is 2.93. The van der Waals surface area contributed by atoms with E-state index in [-0.39, 0.29) is 0 Å². The average Bonchev–Trinajstić information content (AvgIpc) is 2.25. The quantitative estimate of drug-likeness (QED) is 0.490. The average molecular weight is 189 g/mol. The van der Waals surface area contributed by atoms with E-state index in [0.717, 1.165) is 18.8 Å². The van der Waals surface area contributed by atoms with Crippen LogP contribution >= 0.6 is 0 Å². The van der Waals surface area contributed by atoms with Gasteiger partial charge in [-0.2, -0.15) is 0 Å². The molecule has 1 aromatic carbocycles. The molecular weight excluding hydrogens is 172 g/mol. The molecule has 0 saturated heterocycles. The van der Waals surface area contributed by atoms with Gasteiger partial charge in [0.1, 0.15) is 5.75 Å². The highest BCUT2D eigenvalue weighted by atomic mass is 16.5. The number of ether oxygens (including phenoxy) is 1. The van der Waals surface area contributed by atoms with Crippen molar-refractivity contribution in [3.8, 4) is 5.75 Å². The van der Waals surface area contributed by atoms with E-state index in [1.807, 2.05) is 24.3 Å². The normalized spacial score (nSPS) is 10.6. The molecule has 1 heteroatoms. The monoisotopic (exact) mass is 189 g/mol. The van der Waals surface area contributed by atoms with E-state index >= 15 is 0 Å². The van der Waals surface area contributed by atoms with Gasteiger partial charge >= 0.3 is 0 Å². The van der Waals surface area contributed by atoms with Crippen molar-refractivity contribution in [1.29, 1.82) is 0 Å². The Morgan fingerprint density at radius 3 is 2.93 bits per heavy atom. The third-order valence-corrected chi connectivity index (χ3v) is 1.85. The van der Waals surface area contributed by atoms with E-state index in [1.54, 1.807) is 0 Å². The molecule has 14 heavy (non-hydrogen) atoms. The van der Waals surface area contributed by atoms with E-state index < -0.39 is 0 Å². The molecule has 0 atom stereocenters. The zero-order valence-corrected chi connectivity index (χ0v) is 8.70. The molecular formula is C13H17O. The number of benzene rings is 1. The number of unbranched alkanes of at least 4 members (excludes halogenated alkanes) is 1. The van der Waals surface area contributed by atoms with Crippen molar-refractivity contribution < 1.29 is 4.74 Å². The van der Waals surface area contributed by atoms with Crippen molar-refractivity contribution >= 4 is 0 Å². The first-order valence-corrected chi connectivity index (χ1v) is 5.17. The SMILES string of the molecule is CCC/C=C/CCOc1c[c]ccc1. The first-order valence-electron chi connectivity index (χ1n) is 5.17. The predicted octanol–water partition coefficient (Wildman–Crippen LogP) is 3.61. The minimum atomic E-state index is 0.748. The van der Waals surface area contributed by atoms with Crippen LogP contribution in [-0.2, 0) is 0 Å². The number of rotatable bonds is 6. The van der Waals surface area contributed by atoms with Crippen LogP contribution in [-0.4, -0.2) is 6.61 Å². The summed E-state index contributed by atoms with van der Waals surface area (Å²) in [7, 11) is 0. The van der Waals surface area contributed by atoms with Crippen LogP contribution in [0.2, 0.25) is 0 Å². The van der Waals surface area contributed by atoms with Gasteiger partial charge in [0.15, 0.2) is 0 Å². The van der Waals surface area contributed by atoms with Gasteiger partial charge < -0.3 is 4.74 Å². The maximum absolute atomic E-state index is 5.50. The summed E-state index contributed by atoms with van der Waals surface area (Å²) in [6, 6.07) is 10.6. The van der Waals surface area contributed by atoms with Crippen LogP contribution in [0.15, 0.2) is 36.4 Å². The van der Waals surface area contributed by atoms with Gasteiger partial charge in [0, 0.05) is 0 Å². The van der Waals surface area contributed by atoms with Crippen molar-refractivity contribution in [3.05, 3.63) is 42.5 Å². The lowest BCUT2D eigenvalue weighted by atomic mass is 10.3. The molecule has 0 aromatic heterocycles. The van der Waals surface area contributed by atoms with Crippen molar-refractivity contribution in [2.75, 3.05) is 6.61 Å². The largest absolute Gasteiger partial charge is 0.493 e. The Kier molecular flexibility index (Phi) is 5.57. The molecule has 0 bridgehead atoms. The standard InChI is InChI=1S/C13H17O/c1-2-3-4-5-9-12-14-13-10-7-6-8-11-13/h4-7,10-11H,2-3,9,12H2,1H3/b5-4+. The molecule has 1 nitrogen and oxygen atoms in total. The van der Waals surface area contributed by atoms with Crippen LogP contribution in [0, 0.1) is 6.07 Å². The molecule has 0 fully saturated rings. The Bertz CT molecular complexity index is 251. The minimum Gasteiger partial charge on any atom is -0.493 e. The molecule has 0 saturated carbocycles. The summed E-state index contributed by atoms with van der Waals surface area (Å²) < 4.78 is 5.50. The lowest BCUT2D eigenvalue weighted by molar-refractivity contribution is 0.325. The maximum atomic E-state index is 5.50. The lowest BCUT2D eigenvalue weighted by Crippen LogP contribution is -1.94. The third-order valence-electron chi connectivity index (χ3n) is 1.85.